The molecule has 0 radical (unpaired) electrons. The van der Waals surface area contributed by atoms with E-state index in [1.165, 1.54) is 77.0 Å². The second-order valence-corrected chi connectivity index (χ2v) is 9.34. The van der Waals surface area contributed by atoms with Crippen LogP contribution in [0.15, 0.2) is 0 Å². The van der Waals surface area contributed by atoms with Gasteiger partial charge >= 0.3 is 0 Å². The number of unbranched alkanes of at least 4 members (excludes halogenated alkanes) is 5. The maximum Gasteiger partial charge on any atom is 0.0844 e. The zero-order chi connectivity index (χ0) is 20.2. The maximum absolute atomic E-state index is 6.55. The van der Waals surface area contributed by atoms with Crippen molar-refractivity contribution in [2.24, 2.45) is 11.8 Å². The summed E-state index contributed by atoms with van der Waals surface area (Å²) in [7, 11) is 1.77. The van der Waals surface area contributed by atoms with Crippen LogP contribution in [0.25, 0.3) is 0 Å². The number of fused-ring (bicyclic) bond motifs is 1. The van der Waals surface area contributed by atoms with E-state index in [-0.39, 0.29) is 5.60 Å². The van der Waals surface area contributed by atoms with Gasteiger partial charge < -0.3 is 14.2 Å². The molecule has 0 N–H and O–H groups in total. The van der Waals surface area contributed by atoms with Crippen LogP contribution in [0.1, 0.15) is 111 Å². The van der Waals surface area contributed by atoms with Gasteiger partial charge in [0.15, 0.2) is 0 Å². The summed E-state index contributed by atoms with van der Waals surface area (Å²) in [5, 5.41) is 0. The fourth-order valence-electron chi connectivity index (χ4n) is 5.50. The van der Waals surface area contributed by atoms with E-state index >= 15 is 0 Å². The molecule has 2 rings (SSSR count). The van der Waals surface area contributed by atoms with Crippen molar-refractivity contribution in [3.05, 3.63) is 0 Å². The van der Waals surface area contributed by atoms with Crippen LogP contribution in [0.5, 0.6) is 0 Å². The lowest BCUT2D eigenvalue weighted by atomic mass is 9.74. The standard InChI is InChI=1S/C25H48O3/c1-5-8-9-10-11-12-13-22(25(6-2,7-3)27-19-18-26-4)16-14-21-15-17-23-24(20-21)28-23/h21-24H,5-20H2,1-4H3. The number of rotatable bonds is 17. The van der Waals surface area contributed by atoms with Gasteiger partial charge in [-0.15, -0.1) is 0 Å². The van der Waals surface area contributed by atoms with Crippen molar-refractivity contribution in [2.45, 2.75) is 128 Å². The van der Waals surface area contributed by atoms with Gasteiger partial charge in [-0.1, -0.05) is 59.3 Å². The number of hydrogen-bond donors (Lipinski definition) is 0. The minimum absolute atomic E-state index is 0.0369. The molecule has 1 aliphatic carbocycles. The molecule has 1 saturated carbocycles. The number of hydrogen-bond acceptors (Lipinski definition) is 3. The molecule has 0 aromatic rings. The van der Waals surface area contributed by atoms with E-state index in [1.54, 1.807) is 7.11 Å². The highest BCUT2D eigenvalue weighted by molar-refractivity contribution is 4.93. The highest BCUT2D eigenvalue weighted by Gasteiger charge is 2.44. The Kier molecular flexibility index (Phi) is 11.4. The summed E-state index contributed by atoms with van der Waals surface area (Å²) in [6.45, 7) is 8.38. The van der Waals surface area contributed by atoms with Crippen LogP contribution in [0.3, 0.4) is 0 Å². The fraction of sp³-hybridized carbons (Fsp3) is 1.00. The van der Waals surface area contributed by atoms with Crippen molar-refractivity contribution in [2.75, 3.05) is 20.3 Å². The highest BCUT2D eigenvalue weighted by Crippen LogP contribution is 2.43. The van der Waals surface area contributed by atoms with E-state index in [9.17, 15) is 0 Å². The molecule has 0 aromatic heterocycles. The molecule has 0 spiro atoms. The second-order valence-electron chi connectivity index (χ2n) is 9.34. The Morgan fingerprint density at radius 2 is 1.64 bits per heavy atom. The van der Waals surface area contributed by atoms with Gasteiger partial charge in [0.05, 0.1) is 31.0 Å². The number of methoxy groups -OCH3 is 1. The molecule has 3 heteroatoms. The monoisotopic (exact) mass is 396 g/mol. The summed E-state index contributed by atoms with van der Waals surface area (Å²) in [5.41, 5.74) is 0.0369. The molecule has 1 saturated heterocycles. The molecule has 0 amide bonds. The van der Waals surface area contributed by atoms with Gasteiger partial charge in [-0.25, -0.2) is 0 Å². The van der Waals surface area contributed by atoms with Gasteiger partial charge in [0.2, 0.25) is 0 Å². The minimum atomic E-state index is 0.0369. The molecule has 166 valence electrons. The minimum Gasteiger partial charge on any atom is -0.382 e. The molecule has 0 aromatic carbocycles. The van der Waals surface area contributed by atoms with Gasteiger partial charge in [-0.05, 0) is 63.2 Å². The molecule has 2 aliphatic rings. The molecule has 4 unspecified atom stereocenters. The van der Waals surface area contributed by atoms with Gasteiger partial charge in [0.1, 0.15) is 0 Å². The first-order valence-electron chi connectivity index (χ1n) is 12.5. The molecular formula is C25H48O3. The second kappa shape index (κ2) is 13.2. The van der Waals surface area contributed by atoms with E-state index in [2.05, 4.69) is 20.8 Å². The Morgan fingerprint density at radius 3 is 2.32 bits per heavy atom. The normalized spacial score (nSPS) is 25.5. The lowest BCUT2D eigenvalue weighted by Gasteiger charge is -2.41. The first-order chi connectivity index (χ1) is 13.7. The molecular weight excluding hydrogens is 348 g/mol. The Balaban J connectivity index is 1.87. The summed E-state index contributed by atoms with van der Waals surface area (Å²) >= 11 is 0. The average molecular weight is 397 g/mol. The third kappa shape index (κ3) is 7.61. The SMILES string of the molecule is CCCCCCCCC(CCC1CCC2OC2C1)C(CC)(CC)OCCOC. The summed E-state index contributed by atoms with van der Waals surface area (Å²) in [6.07, 6.45) is 19.8. The third-order valence-corrected chi connectivity index (χ3v) is 7.56. The van der Waals surface area contributed by atoms with Crippen molar-refractivity contribution in [3.8, 4) is 0 Å². The van der Waals surface area contributed by atoms with E-state index in [1.807, 2.05) is 0 Å². The number of epoxide rings is 1. The summed E-state index contributed by atoms with van der Waals surface area (Å²) < 4.78 is 17.6. The molecule has 3 nitrogen and oxygen atoms in total. The lowest BCUT2D eigenvalue weighted by Crippen LogP contribution is -2.41. The number of ether oxygens (including phenoxy) is 3. The quantitative estimate of drug-likeness (QED) is 0.197. The highest BCUT2D eigenvalue weighted by atomic mass is 16.6. The zero-order valence-electron chi connectivity index (χ0n) is 19.3. The van der Waals surface area contributed by atoms with E-state index in [0.717, 1.165) is 25.4 Å². The lowest BCUT2D eigenvalue weighted by molar-refractivity contribution is -0.110. The third-order valence-electron chi connectivity index (χ3n) is 7.56. The first kappa shape index (κ1) is 24.2. The molecule has 4 atom stereocenters. The van der Waals surface area contributed by atoms with Crippen LogP contribution in [0.4, 0.5) is 0 Å². The Morgan fingerprint density at radius 1 is 0.893 bits per heavy atom. The van der Waals surface area contributed by atoms with Crippen molar-refractivity contribution >= 4 is 0 Å². The van der Waals surface area contributed by atoms with E-state index in [0.29, 0.717) is 24.7 Å². The van der Waals surface area contributed by atoms with Crippen molar-refractivity contribution in [3.63, 3.8) is 0 Å². The Labute approximate surface area is 175 Å². The topological polar surface area (TPSA) is 31.0 Å². The average Bonchev–Trinajstić information content (AvgIpc) is 3.50. The largest absolute Gasteiger partial charge is 0.382 e. The van der Waals surface area contributed by atoms with Crippen LogP contribution in [-0.4, -0.2) is 38.1 Å². The summed E-state index contributed by atoms with van der Waals surface area (Å²) in [6, 6.07) is 0. The van der Waals surface area contributed by atoms with Crippen molar-refractivity contribution < 1.29 is 14.2 Å². The molecule has 0 bridgehead atoms. The Bertz CT molecular complexity index is 393. The zero-order valence-corrected chi connectivity index (χ0v) is 19.3. The van der Waals surface area contributed by atoms with Crippen LogP contribution < -0.4 is 0 Å². The van der Waals surface area contributed by atoms with Crippen molar-refractivity contribution in [1.29, 1.82) is 0 Å². The van der Waals surface area contributed by atoms with Gasteiger partial charge in [-0.2, -0.15) is 0 Å². The van der Waals surface area contributed by atoms with E-state index < -0.39 is 0 Å². The first-order valence-corrected chi connectivity index (χ1v) is 12.5. The van der Waals surface area contributed by atoms with Gasteiger partial charge in [0, 0.05) is 7.11 Å². The summed E-state index contributed by atoms with van der Waals surface area (Å²) in [5.74, 6) is 1.56. The van der Waals surface area contributed by atoms with Crippen LogP contribution in [-0.2, 0) is 14.2 Å². The molecule has 1 heterocycles. The molecule has 2 fully saturated rings. The van der Waals surface area contributed by atoms with Crippen molar-refractivity contribution in [1.82, 2.24) is 0 Å². The maximum atomic E-state index is 6.55. The summed E-state index contributed by atoms with van der Waals surface area (Å²) in [4.78, 5) is 0. The molecule has 28 heavy (non-hydrogen) atoms. The van der Waals surface area contributed by atoms with Crippen LogP contribution in [0.2, 0.25) is 0 Å². The molecule has 1 aliphatic heterocycles. The fourth-order valence-corrected chi connectivity index (χ4v) is 5.50. The Hall–Kier alpha value is -0.120. The van der Waals surface area contributed by atoms with Gasteiger partial charge in [-0.3, -0.25) is 0 Å². The van der Waals surface area contributed by atoms with Gasteiger partial charge in [0.25, 0.3) is 0 Å². The smallest absolute Gasteiger partial charge is 0.0844 e. The predicted octanol–water partition coefficient (Wildman–Crippen LogP) is 6.92. The van der Waals surface area contributed by atoms with E-state index in [4.69, 9.17) is 14.2 Å². The van der Waals surface area contributed by atoms with Crippen LogP contribution >= 0.6 is 0 Å². The predicted molar refractivity (Wildman–Crippen MR) is 118 cm³/mol. The van der Waals surface area contributed by atoms with Crippen LogP contribution in [0, 0.1) is 11.8 Å².